The highest BCUT2D eigenvalue weighted by Gasteiger charge is 2.27. The Hall–Kier alpha value is -2.61. The zero-order chi connectivity index (χ0) is 18.4. The number of esters is 1. The topological polar surface area (TPSA) is 105 Å². The maximum absolute atomic E-state index is 11.7. The van der Waals surface area contributed by atoms with Gasteiger partial charge in [-0.15, -0.1) is 0 Å². The predicted molar refractivity (Wildman–Crippen MR) is 90.1 cm³/mol. The fourth-order valence-corrected chi connectivity index (χ4v) is 2.33. The van der Waals surface area contributed by atoms with Crippen LogP contribution < -0.4 is 10.6 Å². The second-order valence-electron chi connectivity index (χ2n) is 5.48. The Kier molecular flexibility index (Phi) is 6.35. The SMILES string of the molecule is Cc1ccc(NC(=O)COC(=O)CCCN2C(=O)CNC2=O)cc1Cl. The van der Waals surface area contributed by atoms with E-state index in [1.54, 1.807) is 18.2 Å². The molecule has 1 fully saturated rings. The van der Waals surface area contributed by atoms with Gasteiger partial charge in [0.25, 0.3) is 5.91 Å². The van der Waals surface area contributed by atoms with E-state index in [9.17, 15) is 19.2 Å². The number of amides is 4. The van der Waals surface area contributed by atoms with Crippen molar-refractivity contribution in [3.8, 4) is 0 Å². The molecule has 25 heavy (non-hydrogen) atoms. The summed E-state index contributed by atoms with van der Waals surface area (Å²) in [6.45, 7) is 1.53. The Labute approximate surface area is 149 Å². The number of nitrogens with one attached hydrogen (secondary N) is 2. The minimum absolute atomic E-state index is 0.000694. The van der Waals surface area contributed by atoms with Crippen LogP contribution in [-0.4, -0.2) is 48.4 Å². The summed E-state index contributed by atoms with van der Waals surface area (Å²) in [7, 11) is 0. The first-order valence-corrected chi connectivity index (χ1v) is 8.04. The van der Waals surface area contributed by atoms with Gasteiger partial charge in [-0.3, -0.25) is 19.3 Å². The number of imide groups is 1. The Morgan fingerprint density at radius 1 is 1.36 bits per heavy atom. The van der Waals surface area contributed by atoms with Crippen molar-refractivity contribution in [2.45, 2.75) is 19.8 Å². The average Bonchev–Trinajstić information content (AvgIpc) is 2.88. The predicted octanol–water partition coefficient (Wildman–Crippen LogP) is 1.46. The summed E-state index contributed by atoms with van der Waals surface area (Å²) in [5.41, 5.74) is 1.39. The first-order chi connectivity index (χ1) is 11.9. The van der Waals surface area contributed by atoms with Gasteiger partial charge in [0.2, 0.25) is 5.91 Å². The summed E-state index contributed by atoms with van der Waals surface area (Å²) >= 11 is 5.96. The molecular formula is C16H18ClN3O5. The summed E-state index contributed by atoms with van der Waals surface area (Å²) in [5.74, 6) is -1.39. The van der Waals surface area contributed by atoms with E-state index in [1.165, 1.54) is 0 Å². The van der Waals surface area contributed by atoms with Gasteiger partial charge in [-0.1, -0.05) is 17.7 Å². The van der Waals surface area contributed by atoms with Crippen LogP contribution in [0.2, 0.25) is 5.02 Å². The zero-order valence-electron chi connectivity index (χ0n) is 13.6. The molecule has 1 aromatic carbocycles. The summed E-state index contributed by atoms with van der Waals surface area (Å²) in [4.78, 5) is 47.1. The molecule has 9 heteroatoms. The third kappa shape index (κ3) is 5.46. The highest BCUT2D eigenvalue weighted by molar-refractivity contribution is 6.31. The van der Waals surface area contributed by atoms with Crippen LogP contribution in [0.5, 0.6) is 0 Å². The third-order valence-electron chi connectivity index (χ3n) is 3.52. The molecule has 2 N–H and O–H groups in total. The number of carbonyl (C=O) groups excluding carboxylic acids is 4. The molecule has 0 radical (unpaired) electrons. The molecule has 1 heterocycles. The number of hydrogen-bond donors (Lipinski definition) is 2. The van der Waals surface area contributed by atoms with E-state index in [0.717, 1.165) is 10.5 Å². The van der Waals surface area contributed by atoms with Gasteiger partial charge in [0.15, 0.2) is 6.61 Å². The Bertz CT molecular complexity index is 691. The lowest BCUT2D eigenvalue weighted by atomic mass is 10.2. The highest BCUT2D eigenvalue weighted by Crippen LogP contribution is 2.19. The van der Waals surface area contributed by atoms with Crippen LogP contribution in [0.4, 0.5) is 10.5 Å². The van der Waals surface area contributed by atoms with Crippen LogP contribution in [0.15, 0.2) is 18.2 Å². The quantitative estimate of drug-likeness (QED) is 0.560. The molecule has 2 rings (SSSR count). The lowest BCUT2D eigenvalue weighted by molar-refractivity contribution is -0.147. The summed E-state index contributed by atoms with van der Waals surface area (Å²) in [6, 6.07) is 4.60. The number of halogens is 1. The van der Waals surface area contributed by atoms with Crippen molar-refractivity contribution in [3.05, 3.63) is 28.8 Å². The van der Waals surface area contributed by atoms with E-state index in [1.807, 2.05) is 6.92 Å². The molecule has 4 amide bonds. The number of nitrogens with zero attached hydrogens (tertiary/aromatic N) is 1. The fraction of sp³-hybridized carbons (Fsp3) is 0.375. The summed E-state index contributed by atoms with van der Waals surface area (Å²) < 4.78 is 4.86. The van der Waals surface area contributed by atoms with Gasteiger partial charge in [-0.25, -0.2) is 4.79 Å². The van der Waals surface area contributed by atoms with Crippen LogP contribution in [0.1, 0.15) is 18.4 Å². The van der Waals surface area contributed by atoms with Crippen LogP contribution in [0.25, 0.3) is 0 Å². The second-order valence-corrected chi connectivity index (χ2v) is 5.89. The second kappa shape index (κ2) is 8.48. The number of aryl methyl sites for hydroxylation is 1. The first kappa shape index (κ1) is 18.7. The van der Waals surface area contributed by atoms with Crippen molar-refractivity contribution < 1.29 is 23.9 Å². The zero-order valence-corrected chi connectivity index (χ0v) is 14.4. The molecule has 1 aromatic rings. The van der Waals surface area contributed by atoms with E-state index < -0.39 is 24.5 Å². The number of ether oxygens (including phenoxy) is 1. The smallest absolute Gasteiger partial charge is 0.324 e. The molecule has 0 saturated carbocycles. The lowest BCUT2D eigenvalue weighted by Crippen LogP contribution is -2.32. The molecule has 1 aliphatic heterocycles. The van der Waals surface area contributed by atoms with Crippen LogP contribution in [-0.2, 0) is 19.1 Å². The van der Waals surface area contributed by atoms with Crippen molar-refractivity contribution in [1.82, 2.24) is 10.2 Å². The van der Waals surface area contributed by atoms with E-state index in [-0.39, 0.29) is 31.8 Å². The molecule has 8 nitrogen and oxygen atoms in total. The van der Waals surface area contributed by atoms with Crippen molar-refractivity contribution in [2.75, 3.05) is 25.0 Å². The van der Waals surface area contributed by atoms with Crippen molar-refractivity contribution in [3.63, 3.8) is 0 Å². The van der Waals surface area contributed by atoms with E-state index in [4.69, 9.17) is 16.3 Å². The standard InChI is InChI=1S/C16H18ClN3O5/c1-10-4-5-11(7-12(10)17)19-13(21)9-25-15(23)3-2-6-20-14(22)8-18-16(20)24/h4-5,7H,2-3,6,8-9H2,1H3,(H,18,24)(H,19,21). The fourth-order valence-electron chi connectivity index (χ4n) is 2.15. The first-order valence-electron chi connectivity index (χ1n) is 7.66. The maximum atomic E-state index is 11.7. The number of anilines is 1. The molecule has 1 saturated heterocycles. The number of urea groups is 1. The van der Waals surface area contributed by atoms with Crippen LogP contribution in [0, 0.1) is 6.92 Å². The van der Waals surface area contributed by atoms with Crippen molar-refractivity contribution in [1.29, 1.82) is 0 Å². The van der Waals surface area contributed by atoms with Gasteiger partial charge in [0.05, 0.1) is 6.54 Å². The van der Waals surface area contributed by atoms with Crippen molar-refractivity contribution >= 4 is 41.1 Å². The number of hydrogen-bond acceptors (Lipinski definition) is 5. The van der Waals surface area contributed by atoms with E-state index >= 15 is 0 Å². The maximum Gasteiger partial charge on any atom is 0.324 e. The third-order valence-corrected chi connectivity index (χ3v) is 3.93. The number of benzene rings is 1. The average molecular weight is 368 g/mol. The Balaban J connectivity index is 1.67. The minimum Gasteiger partial charge on any atom is -0.456 e. The minimum atomic E-state index is -0.579. The Morgan fingerprint density at radius 2 is 2.12 bits per heavy atom. The lowest BCUT2D eigenvalue weighted by Gasteiger charge is -2.11. The number of rotatable bonds is 7. The molecule has 0 aliphatic carbocycles. The van der Waals surface area contributed by atoms with E-state index in [0.29, 0.717) is 10.7 Å². The normalized spacial score (nSPS) is 13.6. The van der Waals surface area contributed by atoms with Gasteiger partial charge in [-0.2, -0.15) is 0 Å². The van der Waals surface area contributed by atoms with E-state index in [2.05, 4.69) is 10.6 Å². The van der Waals surface area contributed by atoms with Gasteiger partial charge in [0, 0.05) is 23.7 Å². The molecule has 134 valence electrons. The van der Waals surface area contributed by atoms with Gasteiger partial charge < -0.3 is 15.4 Å². The van der Waals surface area contributed by atoms with Gasteiger partial charge in [-0.05, 0) is 31.0 Å². The molecule has 0 aromatic heterocycles. The summed E-state index contributed by atoms with van der Waals surface area (Å²) in [6.07, 6.45) is 0.272. The molecule has 1 aliphatic rings. The van der Waals surface area contributed by atoms with Gasteiger partial charge in [0.1, 0.15) is 0 Å². The molecule has 0 unspecified atom stereocenters. The largest absolute Gasteiger partial charge is 0.456 e. The molecular weight excluding hydrogens is 350 g/mol. The molecule has 0 atom stereocenters. The Morgan fingerprint density at radius 3 is 2.76 bits per heavy atom. The summed E-state index contributed by atoms with van der Waals surface area (Å²) in [5, 5.41) is 5.48. The van der Waals surface area contributed by atoms with Crippen LogP contribution >= 0.6 is 11.6 Å². The van der Waals surface area contributed by atoms with Crippen LogP contribution in [0.3, 0.4) is 0 Å². The highest BCUT2D eigenvalue weighted by atomic mass is 35.5. The van der Waals surface area contributed by atoms with Gasteiger partial charge >= 0.3 is 12.0 Å². The number of carbonyl (C=O) groups is 4. The molecule has 0 bridgehead atoms. The monoisotopic (exact) mass is 367 g/mol. The molecule has 0 spiro atoms. The van der Waals surface area contributed by atoms with Crippen molar-refractivity contribution in [2.24, 2.45) is 0 Å².